The molecule has 0 aliphatic heterocycles. The highest BCUT2D eigenvalue weighted by atomic mass is 19.3. The molecule has 1 saturated carbocycles. The molecule has 184 valence electrons. The summed E-state index contributed by atoms with van der Waals surface area (Å²) in [6, 6.07) is -0.118. The first-order valence-electron chi connectivity index (χ1n) is 10.8. The van der Waals surface area contributed by atoms with Crippen LogP contribution in [0, 0.1) is 23.4 Å². The monoisotopic (exact) mass is 478 g/mol. The Bertz CT molecular complexity index is 989. The van der Waals surface area contributed by atoms with Gasteiger partial charge in [0.1, 0.15) is 29.5 Å². The van der Waals surface area contributed by atoms with Crippen LogP contribution < -0.4 is 9.47 Å². The summed E-state index contributed by atoms with van der Waals surface area (Å²) in [5.41, 5.74) is -1.05. The number of fused-ring (bicyclic) bond motifs is 1. The number of halogens is 5. The first kappa shape index (κ1) is 25.2. The molecule has 0 radical (unpaired) electrons. The van der Waals surface area contributed by atoms with E-state index in [0.717, 1.165) is 4.57 Å². The lowest BCUT2D eigenvalue weighted by Gasteiger charge is -2.29. The minimum absolute atomic E-state index is 0.0261. The summed E-state index contributed by atoms with van der Waals surface area (Å²) in [6.07, 6.45) is -0.167. The zero-order valence-electron chi connectivity index (χ0n) is 18.7. The lowest BCUT2D eigenvalue weighted by atomic mass is 9.95. The first-order valence-corrected chi connectivity index (χ1v) is 10.8. The van der Waals surface area contributed by atoms with Gasteiger partial charge in [0.2, 0.25) is 5.82 Å². The number of nitrogens with zero attached hydrogens (tertiary/aromatic N) is 2. The third kappa shape index (κ3) is 5.93. The highest BCUT2D eigenvalue weighted by Crippen LogP contribution is 2.35. The van der Waals surface area contributed by atoms with Crippen LogP contribution in [0.15, 0.2) is 0 Å². The van der Waals surface area contributed by atoms with Crippen LogP contribution >= 0.6 is 0 Å². The lowest BCUT2D eigenvalue weighted by molar-refractivity contribution is -0.118. The molecule has 6 nitrogen and oxygen atoms in total. The second-order valence-corrected chi connectivity index (χ2v) is 8.48. The van der Waals surface area contributed by atoms with E-state index in [1.807, 2.05) is 6.92 Å². The van der Waals surface area contributed by atoms with Crippen molar-refractivity contribution in [3.05, 3.63) is 17.5 Å². The third-order valence-corrected chi connectivity index (χ3v) is 5.56. The Morgan fingerprint density at radius 3 is 2.30 bits per heavy atom. The summed E-state index contributed by atoms with van der Waals surface area (Å²) in [4.78, 5) is 15.1. The SMILES string of the molecule is CC(=O)C[C@@H](C)COC1CCC(Oc2nc3c(F)c(F)c(OCC(F)F)c(F)c3n2C)CC1. The Morgan fingerprint density at radius 2 is 1.70 bits per heavy atom. The fraction of sp³-hybridized carbons (Fsp3) is 0.636. The molecule has 3 rings (SSSR count). The highest BCUT2D eigenvalue weighted by Gasteiger charge is 2.30. The minimum atomic E-state index is -2.98. The van der Waals surface area contributed by atoms with E-state index in [1.54, 1.807) is 6.92 Å². The number of hydrogen-bond acceptors (Lipinski definition) is 5. The molecule has 1 atom stereocenters. The average Bonchev–Trinajstić information content (AvgIpc) is 3.07. The third-order valence-electron chi connectivity index (χ3n) is 5.56. The van der Waals surface area contributed by atoms with Gasteiger partial charge in [0.25, 0.3) is 12.4 Å². The Morgan fingerprint density at radius 1 is 1.06 bits per heavy atom. The molecule has 0 amide bonds. The maximum Gasteiger partial charge on any atom is 0.297 e. The number of aromatic nitrogens is 2. The summed E-state index contributed by atoms with van der Waals surface area (Å²) in [7, 11) is 1.35. The summed E-state index contributed by atoms with van der Waals surface area (Å²) in [6.45, 7) is 2.70. The molecule has 0 unspecified atom stereocenters. The van der Waals surface area contributed by atoms with E-state index in [1.165, 1.54) is 7.05 Å². The van der Waals surface area contributed by atoms with Gasteiger partial charge in [-0.25, -0.2) is 17.6 Å². The maximum absolute atomic E-state index is 14.8. The molecular formula is C22H27F5N2O4. The number of benzene rings is 1. The fourth-order valence-electron chi connectivity index (χ4n) is 3.98. The molecule has 0 saturated heterocycles. The van der Waals surface area contributed by atoms with Gasteiger partial charge in [-0.3, -0.25) is 4.57 Å². The number of alkyl halides is 2. The number of imidazole rings is 1. The first-order chi connectivity index (χ1) is 15.6. The number of rotatable bonds is 10. The van der Waals surface area contributed by atoms with Gasteiger partial charge in [-0.2, -0.15) is 9.37 Å². The Kier molecular flexibility index (Phi) is 8.14. The van der Waals surface area contributed by atoms with Crippen molar-refractivity contribution in [1.82, 2.24) is 9.55 Å². The highest BCUT2D eigenvalue weighted by molar-refractivity contribution is 5.80. The van der Waals surface area contributed by atoms with Crippen LogP contribution in [0.1, 0.15) is 46.0 Å². The summed E-state index contributed by atoms with van der Waals surface area (Å²) >= 11 is 0. The summed E-state index contributed by atoms with van der Waals surface area (Å²) < 4.78 is 85.4. The largest absolute Gasteiger partial charge is 0.481 e. The van der Waals surface area contributed by atoms with E-state index in [2.05, 4.69) is 9.72 Å². The molecule has 1 aliphatic carbocycles. The molecule has 33 heavy (non-hydrogen) atoms. The lowest BCUT2D eigenvalue weighted by Crippen LogP contribution is -2.30. The van der Waals surface area contributed by atoms with Gasteiger partial charge in [-0.1, -0.05) is 6.92 Å². The van der Waals surface area contributed by atoms with Crippen molar-refractivity contribution in [3.63, 3.8) is 0 Å². The van der Waals surface area contributed by atoms with Crippen LogP contribution in [-0.2, 0) is 16.6 Å². The van der Waals surface area contributed by atoms with Crippen LogP contribution in [0.5, 0.6) is 11.8 Å². The molecule has 0 bridgehead atoms. The van der Waals surface area contributed by atoms with Gasteiger partial charge in [-0.15, -0.1) is 0 Å². The van der Waals surface area contributed by atoms with Crippen molar-refractivity contribution in [2.45, 2.75) is 64.6 Å². The number of aryl methyl sites for hydroxylation is 1. The van der Waals surface area contributed by atoms with Crippen molar-refractivity contribution in [3.8, 4) is 11.8 Å². The Hall–Kier alpha value is -2.43. The van der Waals surface area contributed by atoms with E-state index >= 15 is 0 Å². The Labute approximate surface area is 188 Å². The average molecular weight is 478 g/mol. The number of carbonyl (C=O) groups is 1. The molecule has 1 heterocycles. The van der Waals surface area contributed by atoms with Crippen LogP contribution in [0.25, 0.3) is 11.0 Å². The van der Waals surface area contributed by atoms with Crippen molar-refractivity contribution in [2.75, 3.05) is 13.2 Å². The molecule has 2 aromatic rings. The smallest absolute Gasteiger partial charge is 0.297 e. The van der Waals surface area contributed by atoms with Gasteiger partial charge < -0.3 is 19.0 Å². The number of carbonyl (C=O) groups excluding carboxylic acids is 1. The van der Waals surface area contributed by atoms with Gasteiger partial charge in [-0.05, 0) is 38.5 Å². The van der Waals surface area contributed by atoms with Gasteiger partial charge in [0.15, 0.2) is 17.4 Å². The number of ketones is 1. The number of hydrogen-bond donors (Lipinski definition) is 0. The quantitative estimate of drug-likeness (QED) is 0.357. The van der Waals surface area contributed by atoms with Crippen molar-refractivity contribution in [1.29, 1.82) is 0 Å². The van der Waals surface area contributed by atoms with E-state index in [0.29, 0.717) is 38.7 Å². The molecule has 0 spiro atoms. The molecular weight excluding hydrogens is 451 g/mol. The van der Waals surface area contributed by atoms with Crippen LogP contribution in [0.3, 0.4) is 0 Å². The predicted octanol–water partition coefficient (Wildman–Crippen LogP) is 4.96. The normalized spacial score (nSPS) is 19.8. The predicted molar refractivity (Wildman–Crippen MR) is 109 cm³/mol. The second-order valence-electron chi connectivity index (χ2n) is 8.48. The molecule has 1 aliphatic rings. The number of ether oxygens (including phenoxy) is 3. The maximum atomic E-state index is 14.8. The molecule has 11 heteroatoms. The van der Waals surface area contributed by atoms with Crippen LogP contribution in [0.2, 0.25) is 0 Å². The van der Waals surface area contributed by atoms with Crippen molar-refractivity contribution < 1.29 is 41.0 Å². The van der Waals surface area contributed by atoms with Gasteiger partial charge in [0.05, 0.1) is 6.10 Å². The molecule has 0 N–H and O–H groups in total. The molecule has 1 aromatic heterocycles. The van der Waals surface area contributed by atoms with Gasteiger partial charge >= 0.3 is 0 Å². The van der Waals surface area contributed by atoms with E-state index in [-0.39, 0.29) is 29.9 Å². The van der Waals surface area contributed by atoms with E-state index in [4.69, 9.17) is 9.47 Å². The second kappa shape index (κ2) is 10.7. The van der Waals surface area contributed by atoms with Crippen molar-refractivity contribution >= 4 is 16.8 Å². The summed E-state index contributed by atoms with van der Waals surface area (Å²) in [5, 5.41) is 0. The standard InChI is InChI=1S/C22H27F5N2O4/c1-11(8-12(2)30)9-31-13-4-6-14(7-5-13)33-22-28-19-16(25)17(26)21(32-10-15(23)24)18(27)20(19)29(22)3/h11,13-15H,4-10H2,1-3H3/t11-,13?,14?/m1/s1. The van der Waals surface area contributed by atoms with Crippen LogP contribution in [0.4, 0.5) is 22.0 Å². The minimum Gasteiger partial charge on any atom is -0.481 e. The topological polar surface area (TPSA) is 62.6 Å². The van der Waals surface area contributed by atoms with Crippen molar-refractivity contribution in [2.24, 2.45) is 13.0 Å². The van der Waals surface area contributed by atoms with Crippen LogP contribution in [-0.4, -0.2) is 47.2 Å². The van der Waals surface area contributed by atoms with E-state index in [9.17, 15) is 26.7 Å². The Balaban J connectivity index is 1.67. The zero-order valence-corrected chi connectivity index (χ0v) is 18.7. The number of Topliss-reactive ketones (excluding diaryl/α,β-unsaturated/α-hetero) is 1. The van der Waals surface area contributed by atoms with Gasteiger partial charge in [0, 0.05) is 20.1 Å². The summed E-state index contributed by atoms with van der Waals surface area (Å²) in [5.74, 6) is -5.51. The van der Waals surface area contributed by atoms with E-state index < -0.39 is 47.3 Å². The fourth-order valence-corrected chi connectivity index (χ4v) is 3.98. The molecule has 1 aromatic carbocycles. The zero-order chi connectivity index (χ0) is 24.3. The molecule has 1 fully saturated rings.